The highest BCUT2D eigenvalue weighted by Crippen LogP contribution is 2.26. The van der Waals surface area contributed by atoms with Crippen LogP contribution in [0, 0.1) is 5.82 Å². The monoisotopic (exact) mass is 295 g/mol. The summed E-state index contributed by atoms with van der Waals surface area (Å²) in [6.07, 6.45) is 0.623. The Bertz CT molecular complexity index is 785. The Balaban J connectivity index is 1.67. The van der Waals surface area contributed by atoms with Crippen molar-refractivity contribution in [1.82, 2.24) is 5.32 Å². The summed E-state index contributed by atoms with van der Waals surface area (Å²) in [6, 6.07) is 18.4. The number of phenols is 1. The van der Waals surface area contributed by atoms with Gasteiger partial charge < -0.3 is 10.4 Å². The normalized spacial score (nSPS) is 11.0. The third-order valence-electron chi connectivity index (χ3n) is 3.85. The minimum Gasteiger partial charge on any atom is -0.508 e. The molecule has 2 N–H and O–H groups in total. The minimum atomic E-state index is -0.169. The lowest BCUT2D eigenvalue weighted by molar-refractivity contribution is 0.466. The Morgan fingerprint density at radius 2 is 1.68 bits per heavy atom. The number of rotatable bonds is 5. The summed E-state index contributed by atoms with van der Waals surface area (Å²) in [5.74, 6) is 0.120. The van der Waals surface area contributed by atoms with Crippen LogP contribution in [0.2, 0.25) is 0 Å². The van der Waals surface area contributed by atoms with E-state index in [1.807, 2.05) is 36.4 Å². The number of benzene rings is 3. The first-order valence-corrected chi connectivity index (χ1v) is 7.39. The Kier molecular flexibility index (Phi) is 4.35. The van der Waals surface area contributed by atoms with Crippen molar-refractivity contribution < 1.29 is 9.50 Å². The summed E-state index contributed by atoms with van der Waals surface area (Å²) in [5, 5.41) is 15.5. The van der Waals surface area contributed by atoms with Crippen molar-refractivity contribution >= 4 is 10.8 Å². The van der Waals surface area contributed by atoms with E-state index in [0.717, 1.165) is 16.3 Å². The predicted octanol–water partition coefficient (Wildman–Crippen LogP) is 4.02. The molecule has 0 heterocycles. The largest absolute Gasteiger partial charge is 0.508 e. The van der Waals surface area contributed by atoms with Crippen LogP contribution in [0.4, 0.5) is 4.39 Å². The predicted molar refractivity (Wildman–Crippen MR) is 87.4 cm³/mol. The highest BCUT2D eigenvalue weighted by atomic mass is 19.1. The Morgan fingerprint density at radius 1 is 0.909 bits per heavy atom. The fourth-order valence-electron chi connectivity index (χ4n) is 2.65. The van der Waals surface area contributed by atoms with Crippen molar-refractivity contribution in [1.29, 1.82) is 0 Å². The molecule has 3 rings (SSSR count). The van der Waals surface area contributed by atoms with E-state index in [0.29, 0.717) is 25.1 Å². The molecule has 0 aliphatic heterocycles. The first kappa shape index (κ1) is 14.5. The molecule has 22 heavy (non-hydrogen) atoms. The molecule has 112 valence electrons. The zero-order valence-electron chi connectivity index (χ0n) is 12.2. The van der Waals surface area contributed by atoms with Gasteiger partial charge in [-0.1, -0.05) is 48.5 Å². The average molecular weight is 295 g/mol. The lowest BCUT2D eigenvalue weighted by atomic mass is 10.0. The summed E-state index contributed by atoms with van der Waals surface area (Å²) in [5.41, 5.74) is 1.59. The zero-order chi connectivity index (χ0) is 15.4. The van der Waals surface area contributed by atoms with E-state index in [4.69, 9.17) is 0 Å². The summed E-state index contributed by atoms with van der Waals surface area (Å²) < 4.78 is 13.5. The van der Waals surface area contributed by atoms with Crippen LogP contribution < -0.4 is 5.32 Å². The molecule has 0 saturated carbocycles. The summed E-state index contributed by atoms with van der Waals surface area (Å²) in [4.78, 5) is 0. The number of phenolic OH excluding ortho intramolecular Hbond substituents is 1. The van der Waals surface area contributed by atoms with Crippen LogP contribution in [0.3, 0.4) is 0 Å². The summed E-state index contributed by atoms with van der Waals surface area (Å²) in [7, 11) is 0. The number of nitrogens with one attached hydrogen (secondary N) is 1. The van der Waals surface area contributed by atoms with Gasteiger partial charge in [-0.15, -0.1) is 0 Å². The van der Waals surface area contributed by atoms with E-state index in [-0.39, 0.29) is 11.6 Å². The Labute approximate surface area is 129 Å². The van der Waals surface area contributed by atoms with Gasteiger partial charge in [0.15, 0.2) is 0 Å². The van der Waals surface area contributed by atoms with Crippen molar-refractivity contribution in [2.24, 2.45) is 0 Å². The van der Waals surface area contributed by atoms with Gasteiger partial charge in [0, 0.05) is 12.1 Å². The SMILES string of the molecule is Oc1ccc2ccccc2c1CNCCc1ccccc1F. The molecule has 0 unspecified atom stereocenters. The number of halogens is 1. The van der Waals surface area contributed by atoms with Crippen molar-refractivity contribution in [2.75, 3.05) is 6.54 Å². The molecule has 0 radical (unpaired) electrons. The molecular weight excluding hydrogens is 277 g/mol. The van der Waals surface area contributed by atoms with E-state index in [9.17, 15) is 9.50 Å². The lowest BCUT2D eigenvalue weighted by Gasteiger charge is -2.10. The summed E-state index contributed by atoms with van der Waals surface area (Å²) in [6.45, 7) is 1.21. The standard InChI is InChI=1S/C19H18FNO/c20-18-8-4-2-6-15(18)11-12-21-13-17-16-7-3-1-5-14(16)9-10-19(17)22/h1-10,21-22H,11-13H2. The van der Waals surface area contributed by atoms with Crippen molar-refractivity contribution in [2.45, 2.75) is 13.0 Å². The minimum absolute atomic E-state index is 0.169. The molecule has 3 aromatic rings. The van der Waals surface area contributed by atoms with Gasteiger partial charge in [0.05, 0.1) is 0 Å². The van der Waals surface area contributed by atoms with E-state index in [1.54, 1.807) is 18.2 Å². The van der Waals surface area contributed by atoms with Crippen LogP contribution in [-0.2, 0) is 13.0 Å². The maximum absolute atomic E-state index is 13.5. The second-order valence-corrected chi connectivity index (χ2v) is 5.30. The number of aromatic hydroxyl groups is 1. The molecule has 0 bridgehead atoms. The van der Waals surface area contributed by atoms with Gasteiger partial charge >= 0.3 is 0 Å². The third-order valence-corrected chi connectivity index (χ3v) is 3.85. The van der Waals surface area contributed by atoms with Gasteiger partial charge in [-0.3, -0.25) is 0 Å². The highest BCUT2D eigenvalue weighted by Gasteiger charge is 2.06. The molecule has 2 nitrogen and oxygen atoms in total. The van der Waals surface area contributed by atoms with E-state index >= 15 is 0 Å². The Hall–Kier alpha value is -2.39. The maximum atomic E-state index is 13.5. The van der Waals surface area contributed by atoms with Crippen molar-refractivity contribution in [3.05, 3.63) is 77.6 Å². The second kappa shape index (κ2) is 6.58. The van der Waals surface area contributed by atoms with Crippen molar-refractivity contribution in [3.63, 3.8) is 0 Å². The number of hydrogen-bond donors (Lipinski definition) is 2. The molecule has 0 atom stereocenters. The topological polar surface area (TPSA) is 32.3 Å². The fourth-order valence-corrected chi connectivity index (χ4v) is 2.65. The molecule has 3 aromatic carbocycles. The third kappa shape index (κ3) is 3.10. The van der Waals surface area contributed by atoms with Crippen molar-refractivity contribution in [3.8, 4) is 5.75 Å². The van der Waals surface area contributed by atoms with E-state index < -0.39 is 0 Å². The first-order valence-electron chi connectivity index (χ1n) is 7.39. The quantitative estimate of drug-likeness (QED) is 0.697. The molecule has 0 aliphatic carbocycles. The van der Waals surface area contributed by atoms with Crippen LogP contribution in [0.15, 0.2) is 60.7 Å². The van der Waals surface area contributed by atoms with Crippen LogP contribution in [0.1, 0.15) is 11.1 Å². The maximum Gasteiger partial charge on any atom is 0.126 e. The first-order chi connectivity index (χ1) is 10.8. The van der Waals surface area contributed by atoms with Gasteiger partial charge in [0.1, 0.15) is 11.6 Å². The van der Waals surface area contributed by atoms with E-state index in [1.165, 1.54) is 6.07 Å². The average Bonchev–Trinajstić information content (AvgIpc) is 2.55. The van der Waals surface area contributed by atoms with Crippen LogP contribution in [0.5, 0.6) is 5.75 Å². The van der Waals surface area contributed by atoms with Crippen LogP contribution >= 0.6 is 0 Å². The van der Waals surface area contributed by atoms with Gasteiger partial charge in [0.2, 0.25) is 0 Å². The number of hydrogen-bond acceptors (Lipinski definition) is 2. The van der Waals surface area contributed by atoms with Gasteiger partial charge in [-0.25, -0.2) is 4.39 Å². The molecule has 3 heteroatoms. The zero-order valence-corrected chi connectivity index (χ0v) is 12.2. The van der Waals surface area contributed by atoms with Gasteiger partial charge in [0.25, 0.3) is 0 Å². The van der Waals surface area contributed by atoms with Gasteiger partial charge in [-0.2, -0.15) is 0 Å². The molecule has 0 spiro atoms. The fraction of sp³-hybridized carbons (Fsp3) is 0.158. The lowest BCUT2D eigenvalue weighted by Crippen LogP contribution is -2.17. The highest BCUT2D eigenvalue weighted by molar-refractivity contribution is 5.87. The molecular formula is C19H18FNO. The Morgan fingerprint density at radius 3 is 2.55 bits per heavy atom. The molecule has 0 saturated heterocycles. The molecule has 0 aromatic heterocycles. The van der Waals surface area contributed by atoms with Gasteiger partial charge in [-0.05, 0) is 41.4 Å². The second-order valence-electron chi connectivity index (χ2n) is 5.30. The smallest absolute Gasteiger partial charge is 0.126 e. The van der Waals surface area contributed by atoms with E-state index in [2.05, 4.69) is 5.32 Å². The van der Waals surface area contributed by atoms with Crippen LogP contribution in [0.25, 0.3) is 10.8 Å². The molecule has 0 aliphatic rings. The summed E-state index contributed by atoms with van der Waals surface area (Å²) >= 11 is 0. The number of fused-ring (bicyclic) bond motifs is 1. The van der Waals surface area contributed by atoms with Crippen LogP contribution in [-0.4, -0.2) is 11.7 Å². The molecule has 0 fully saturated rings. The molecule has 0 amide bonds.